The molecule has 0 aromatic heterocycles. The molecule has 0 bridgehead atoms. The van der Waals surface area contributed by atoms with Crippen LogP contribution < -0.4 is 5.32 Å². The lowest BCUT2D eigenvalue weighted by molar-refractivity contribution is 0.275. The van der Waals surface area contributed by atoms with Crippen LogP contribution in [0.3, 0.4) is 0 Å². The first-order valence-corrected chi connectivity index (χ1v) is 9.15. The van der Waals surface area contributed by atoms with E-state index < -0.39 is 10.0 Å². The Kier molecular flexibility index (Phi) is 3.84. The zero-order chi connectivity index (χ0) is 14.2. The summed E-state index contributed by atoms with van der Waals surface area (Å²) in [7, 11) is -3.01. The van der Waals surface area contributed by atoms with Crippen molar-refractivity contribution in [2.45, 2.75) is 37.8 Å². The van der Waals surface area contributed by atoms with Gasteiger partial charge in [0, 0.05) is 25.2 Å². The van der Waals surface area contributed by atoms with Crippen molar-refractivity contribution >= 4 is 10.0 Å². The largest absolute Gasteiger partial charge is 0.310 e. The number of sulfonamides is 1. The zero-order valence-electron chi connectivity index (χ0n) is 11.9. The van der Waals surface area contributed by atoms with Crippen LogP contribution in [0.1, 0.15) is 24.0 Å². The molecule has 0 saturated carbocycles. The molecule has 0 amide bonds. The summed E-state index contributed by atoms with van der Waals surface area (Å²) in [5.41, 5.74) is 2.91. The molecule has 0 atom stereocenters. The molecule has 0 unspecified atom stereocenters. The Bertz CT molecular complexity index is 552. The second kappa shape index (κ2) is 5.47. The third-order valence-electron chi connectivity index (χ3n) is 4.45. The summed E-state index contributed by atoms with van der Waals surface area (Å²) in [4.78, 5) is 0. The van der Waals surface area contributed by atoms with Gasteiger partial charge in [-0.15, -0.1) is 0 Å². The summed E-state index contributed by atoms with van der Waals surface area (Å²) < 4.78 is 24.6. The van der Waals surface area contributed by atoms with Gasteiger partial charge in [0.15, 0.2) is 0 Å². The van der Waals surface area contributed by atoms with Crippen LogP contribution in [0.15, 0.2) is 24.3 Å². The second-order valence-corrected chi connectivity index (χ2v) is 7.96. The molecule has 1 aromatic carbocycles. The van der Waals surface area contributed by atoms with E-state index in [-0.39, 0.29) is 0 Å². The molecule has 1 aliphatic heterocycles. The van der Waals surface area contributed by atoms with E-state index in [9.17, 15) is 8.42 Å². The first kappa shape index (κ1) is 14.0. The van der Waals surface area contributed by atoms with E-state index in [0.717, 1.165) is 25.7 Å². The Morgan fingerprint density at radius 3 is 2.10 bits per heavy atom. The smallest absolute Gasteiger partial charge is 0.211 e. The Balaban J connectivity index is 1.52. The average molecular weight is 294 g/mol. The Labute approximate surface area is 121 Å². The number of rotatable bonds is 3. The van der Waals surface area contributed by atoms with Crippen molar-refractivity contribution in [2.75, 3.05) is 19.3 Å². The highest BCUT2D eigenvalue weighted by atomic mass is 32.2. The van der Waals surface area contributed by atoms with E-state index in [1.807, 2.05) is 0 Å². The van der Waals surface area contributed by atoms with Crippen molar-refractivity contribution in [3.8, 4) is 0 Å². The Morgan fingerprint density at radius 1 is 1.05 bits per heavy atom. The van der Waals surface area contributed by atoms with Crippen LogP contribution in [-0.4, -0.2) is 44.2 Å². The zero-order valence-corrected chi connectivity index (χ0v) is 12.7. The third-order valence-corrected chi connectivity index (χ3v) is 5.75. The van der Waals surface area contributed by atoms with E-state index in [2.05, 4.69) is 29.6 Å². The molecular formula is C15H22N2O2S. The quantitative estimate of drug-likeness (QED) is 0.910. The number of hydrogen-bond donors (Lipinski definition) is 1. The lowest BCUT2D eigenvalue weighted by atomic mass is 10.0. The minimum Gasteiger partial charge on any atom is -0.310 e. The monoisotopic (exact) mass is 294 g/mol. The number of benzene rings is 1. The molecule has 1 aliphatic carbocycles. The molecule has 110 valence electrons. The summed E-state index contributed by atoms with van der Waals surface area (Å²) in [5.74, 6) is 0. The van der Waals surface area contributed by atoms with Crippen LogP contribution >= 0.6 is 0 Å². The molecule has 1 heterocycles. The lowest BCUT2D eigenvalue weighted by Gasteiger charge is -2.32. The highest BCUT2D eigenvalue weighted by Gasteiger charge is 2.28. The molecule has 5 heteroatoms. The van der Waals surface area contributed by atoms with Crippen molar-refractivity contribution < 1.29 is 8.42 Å². The molecule has 1 fully saturated rings. The van der Waals surface area contributed by atoms with E-state index in [4.69, 9.17) is 0 Å². The van der Waals surface area contributed by atoms with E-state index >= 15 is 0 Å². The first-order chi connectivity index (χ1) is 9.52. The fourth-order valence-electron chi connectivity index (χ4n) is 3.36. The summed E-state index contributed by atoms with van der Waals surface area (Å²) in [6.45, 7) is 1.30. The molecule has 2 aliphatic rings. The van der Waals surface area contributed by atoms with Gasteiger partial charge in [0.2, 0.25) is 10.0 Å². The van der Waals surface area contributed by atoms with Gasteiger partial charge in [0.05, 0.1) is 6.26 Å². The van der Waals surface area contributed by atoms with Crippen molar-refractivity contribution in [1.82, 2.24) is 9.62 Å². The van der Waals surface area contributed by atoms with E-state index in [0.29, 0.717) is 25.2 Å². The molecule has 0 spiro atoms. The topological polar surface area (TPSA) is 49.4 Å². The maximum absolute atomic E-state index is 11.5. The predicted molar refractivity (Wildman–Crippen MR) is 80.2 cm³/mol. The Hall–Kier alpha value is -0.910. The first-order valence-electron chi connectivity index (χ1n) is 7.30. The number of hydrogen-bond acceptors (Lipinski definition) is 3. The van der Waals surface area contributed by atoms with Crippen molar-refractivity contribution in [2.24, 2.45) is 0 Å². The fraction of sp³-hybridized carbons (Fsp3) is 0.600. The lowest BCUT2D eigenvalue weighted by Crippen LogP contribution is -2.47. The van der Waals surface area contributed by atoms with Gasteiger partial charge in [-0.3, -0.25) is 0 Å². The maximum atomic E-state index is 11.5. The molecule has 20 heavy (non-hydrogen) atoms. The number of nitrogens with one attached hydrogen (secondary N) is 1. The van der Waals surface area contributed by atoms with Crippen LogP contribution in [0.4, 0.5) is 0 Å². The highest BCUT2D eigenvalue weighted by molar-refractivity contribution is 7.88. The standard InChI is InChI=1S/C15H22N2O2S/c1-20(18,19)17-8-6-14(7-9-17)16-15-10-12-4-2-3-5-13(12)11-15/h2-5,14-16H,6-11H2,1H3. The van der Waals surface area contributed by atoms with Crippen molar-refractivity contribution in [3.05, 3.63) is 35.4 Å². The number of fused-ring (bicyclic) bond motifs is 1. The fourth-order valence-corrected chi connectivity index (χ4v) is 4.24. The summed E-state index contributed by atoms with van der Waals surface area (Å²) in [6, 6.07) is 9.60. The maximum Gasteiger partial charge on any atom is 0.211 e. The van der Waals surface area contributed by atoms with Gasteiger partial charge < -0.3 is 5.32 Å². The number of nitrogens with zero attached hydrogens (tertiary/aromatic N) is 1. The molecule has 1 N–H and O–H groups in total. The van der Waals surface area contributed by atoms with Gasteiger partial charge in [0.1, 0.15) is 0 Å². The van der Waals surface area contributed by atoms with Gasteiger partial charge >= 0.3 is 0 Å². The highest BCUT2D eigenvalue weighted by Crippen LogP contribution is 2.23. The molecule has 4 nitrogen and oxygen atoms in total. The Morgan fingerprint density at radius 2 is 1.60 bits per heavy atom. The summed E-state index contributed by atoms with van der Waals surface area (Å²) in [5, 5.41) is 3.72. The second-order valence-electron chi connectivity index (χ2n) is 5.98. The normalized spacial score (nSPS) is 22.1. The van der Waals surface area contributed by atoms with Gasteiger partial charge in [-0.05, 0) is 36.8 Å². The minimum absolute atomic E-state index is 0.451. The summed E-state index contributed by atoms with van der Waals surface area (Å²) in [6.07, 6.45) is 5.33. The van der Waals surface area contributed by atoms with Crippen LogP contribution in [0, 0.1) is 0 Å². The number of piperidine rings is 1. The van der Waals surface area contributed by atoms with Crippen molar-refractivity contribution in [3.63, 3.8) is 0 Å². The van der Waals surface area contributed by atoms with Crippen molar-refractivity contribution in [1.29, 1.82) is 0 Å². The SMILES string of the molecule is CS(=O)(=O)N1CCC(NC2Cc3ccccc3C2)CC1. The molecule has 1 aromatic rings. The van der Waals surface area contributed by atoms with Crippen LogP contribution in [0.25, 0.3) is 0 Å². The van der Waals surface area contributed by atoms with Crippen LogP contribution in [-0.2, 0) is 22.9 Å². The average Bonchev–Trinajstić information content (AvgIpc) is 2.80. The van der Waals surface area contributed by atoms with Crippen LogP contribution in [0.5, 0.6) is 0 Å². The molecular weight excluding hydrogens is 272 g/mol. The van der Waals surface area contributed by atoms with Gasteiger partial charge in [-0.25, -0.2) is 12.7 Å². The van der Waals surface area contributed by atoms with Gasteiger partial charge in [-0.1, -0.05) is 24.3 Å². The molecule has 3 rings (SSSR count). The predicted octanol–water partition coefficient (Wildman–Crippen LogP) is 1.17. The summed E-state index contributed by atoms with van der Waals surface area (Å²) >= 11 is 0. The van der Waals surface area contributed by atoms with E-state index in [1.165, 1.54) is 17.4 Å². The van der Waals surface area contributed by atoms with Crippen LogP contribution in [0.2, 0.25) is 0 Å². The van der Waals surface area contributed by atoms with E-state index in [1.54, 1.807) is 4.31 Å². The minimum atomic E-state index is -3.01. The molecule has 1 saturated heterocycles. The molecule has 0 radical (unpaired) electrons. The third kappa shape index (κ3) is 3.05. The van der Waals surface area contributed by atoms with Gasteiger partial charge in [0.25, 0.3) is 0 Å². The van der Waals surface area contributed by atoms with Gasteiger partial charge in [-0.2, -0.15) is 0 Å².